The zero-order valence-electron chi connectivity index (χ0n) is 12.8. The highest BCUT2D eigenvalue weighted by Gasteiger charge is 2.19. The van der Waals surface area contributed by atoms with E-state index >= 15 is 0 Å². The minimum atomic E-state index is 0.911. The summed E-state index contributed by atoms with van der Waals surface area (Å²) in [5.41, 5.74) is 4.23. The third-order valence-corrected chi connectivity index (χ3v) is 4.79. The van der Waals surface area contributed by atoms with Crippen LogP contribution in [0.4, 0.5) is 0 Å². The molecule has 1 heteroatoms. The second-order valence-corrected chi connectivity index (χ2v) is 6.36. The van der Waals surface area contributed by atoms with Crippen LogP contribution >= 0.6 is 0 Å². The highest BCUT2D eigenvalue weighted by atomic mass is 14.9. The van der Waals surface area contributed by atoms with E-state index in [1.54, 1.807) is 0 Å². The molecule has 1 N–H and O–H groups in total. The van der Waals surface area contributed by atoms with E-state index in [4.69, 9.17) is 0 Å². The summed E-state index contributed by atoms with van der Waals surface area (Å²) >= 11 is 0. The van der Waals surface area contributed by atoms with Crippen molar-refractivity contribution in [2.75, 3.05) is 6.54 Å². The van der Waals surface area contributed by atoms with Crippen LogP contribution in [0.2, 0.25) is 0 Å². The van der Waals surface area contributed by atoms with Gasteiger partial charge in [0.15, 0.2) is 0 Å². The monoisotopic (exact) mass is 259 g/mol. The Bertz CT molecular complexity index is 389. The average molecular weight is 259 g/mol. The third kappa shape index (κ3) is 4.35. The van der Waals surface area contributed by atoms with Gasteiger partial charge in [0.05, 0.1) is 0 Å². The smallest absolute Gasteiger partial charge is 0.0208 e. The van der Waals surface area contributed by atoms with E-state index in [1.165, 1.54) is 55.3 Å². The van der Waals surface area contributed by atoms with Gasteiger partial charge < -0.3 is 5.32 Å². The molecule has 0 aromatic heterocycles. The fraction of sp³-hybridized carbons (Fsp3) is 0.667. The highest BCUT2D eigenvalue weighted by Crippen LogP contribution is 2.30. The molecule has 1 fully saturated rings. The molecule has 2 rings (SSSR count). The van der Waals surface area contributed by atoms with Gasteiger partial charge in [-0.15, -0.1) is 0 Å². The zero-order valence-corrected chi connectivity index (χ0v) is 12.8. The van der Waals surface area contributed by atoms with Crippen LogP contribution < -0.4 is 5.32 Å². The van der Waals surface area contributed by atoms with Gasteiger partial charge in [-0.25, -0.2) is 0 Å². The summed E-state index contributed by atoms with van der Waals surface area (Å²) in [4.78, 5) is 0. The van der Waals surface area contributed by atoms with Crippen molar-refractivity contribution in [1.82, 2.24) is 5.32 Å². The van der Waals surface area contributed by atoms with Crippen LogP contribution in [0.3, 0.4) is 0 Å². The van der Waals surface area contributed by atoms with Crippen molar-refractivity contribution in [3.63, 3.8) is 0 Å². The van der Waals surface area contributed by atoms with E-state index in [0.717, 1.165) is 18.4 Å². The summed E-state index contributed by atoms with van der Waals surface area (Å²) in [6.07, 6.45) is 7.14. The first-order valence-electron chi connectivity index (χ1n) is 7.96. The van der Waals surface area contributed by atoms with Crippen molar-refractivity contribution < 1.29 is 0 Å². The van der Waals surface area contributed by atoms with Crippen LogP contribution in [0.25, 0.3) is 0 Å². The lowest BCUT2D eigenvalue weighted by molar-refractivity contribution is 0.262. The number of hydrogen-bond acceptors (Lipinski definition) is 1. The molecule has 0 atom stereocenters. The SMILES string of the molecule is CCC1CCC(CNCc2ccc(C)cc2C)CC1. The van der Waals surface area contributed by atoms with E-state index in [0.29, 0.717) is 0 Å². The Morgan fingerprint density at radius 1 is 1.05 bits per heavy atom. The van der Waals surface area contributed by atoms with Crippen LogP contribution in [-0.2, 0) is 6.54 Å². The molecule has 0 spiro atoms. The van der Waals surface area contributed by atoms with Crippen molar-refractivity contribution >= 4 is 0 Å². The van der Waals surface area contributed by atoms with Crippen LogP contribution in [-0.4, -0.2) is 6.54 Å². The van der Waals surface area contributed by atoms with E-state index in [-0.39, 0.29) is 0 Å². The molecule has 1 aliphatic carbocycles. The summed E-state index contributed by atoms with van der Waals surface area (Å²) in [5.74, 6) is 1.92. The van der Waals surface area contributed by atoms with Gasteiger partial charge in [0.2, 0.25) is 0 Å². The van der Waals surface area contributed by atoms with E-state index in [2.05, 4.69) is 44.3 Å². The first-order valence-corrected chi connectivity index (χ1v) is 7.96. The summed E-state index contributed by atoms with van der Waals surface area (Å²) in [5, 5.41) is 3.66. The average Bonchev–Trinajstić information content (AvgIpc) is 2.42. The predicted molar refractivity (Wildman–Crippen MR) is 83.4 cm³/mol. The lowest BCUT2D eigenvalue weighted by Gasteiger charge is -2.28. The van der Waals surface area contributed by atoms with Crippen LogP contribution in [0.15, 0.2) is 18.2 Å². The van der Waals surface area contributed by atoms with Gasteiger partial charge in [0, 0.05) is 6.54 Å². The number of nitrogens with one attached hydrogen (secondary N) is 1. The number of hydrogen-bond donors (Lipinski definition) is 1. The molecule has 0 amide bonds. The lowest BCUT2D eigenvalue weighted by Crippen LogP contribution is -2.26. The Kier molecular flexibility index (Phi) is 5.45. The lowest BCUT2D eigenvalue weighted by atomic mass is 9.81. The van der Waals surface area contributed by atoms with Gasteiger partial charge in [0.25, 0.3) is 0 Å². The number of rotatable bonds is 5. The van der Waals surface area contributed by atoms with E-state index in [1.807, 2.05) is 0 Å². The molecular weight excluding hydrogens is 230 g/mol. The first-order chi connectivity index (χ1) is 9.19. The summed E-state index contributed by atoms with van der Waals surface area (Å²) in [6.45, 7) is 8.94. The number of benzene rings is 1. The Balaban J connectivity index is 1.72. The van der Waals surface area contributed by atoms with Crippen molar-refractivity contribution in [1.29, 1.82) is 0 Å². The van der Waals surface area contributed by atoms with Crippen LogP contribution in [0.5, 0.6) is 0 Å². The molecule has 0 heterocycles. The van der Waals surface area contributed by atoms with Gasteiger partial charge in [-0.05, 0) is 56.2 Å². The molecule has 1 aromatic rings. The van der Waals surface area contributed by atoms with Crippen LogP contribution in [0.1, 0.15) is 55.7 Å². The fourth-order valence-electron chi connectivity index (χ4n) is 3.30. The quantitative estimate of drug-likeness (QED) is 0.814. The molecule has 0 saturated heterocycles. The fourth-order valence-corrected chi connectivity index (χ4v) is 3.30. The molecule has 1 aliphatic rings. The Labute approximate surface area is 118 Å². The summed E-state index contributed by atoms with van der Waals surface area (Å²) in [6, 6.07) is 6.77. The van der Waals surface area contributed by atoms with Crippen LogP contribution in [0, 0.1) is 25.7 Å². The van der Waals surface area contributed by atoms with Crippen molar-refractivity contribution in [2.24, 2.45) is 11.8 Å². The number of aryl methyl sites for hydroxylation is 2. The highest BCUT2D eigenvalue weighted by molar-refractivity contribution is 5.30. The third-order valence-electron chi connectivity index (χ3n) is 4.79. The molecule has 0 aliphatic heterocycles. The Morgan fingerprint density at radius 3 is 2.37 bits per heavy atom. The minimum Gasteiger partial charge on any atom is -0.312 e. The maximum atomic E-state index is 3.66. The van der Waals surface area contributed by atoms with Gasteiger partial charge in [-0.2, -0.15) is 0 Å². The van der Waals surface area contributed by atoms with E-state index in [9.17, 15) is 0 Å². The molecule has 0 bridgehead atoms. The molecule has 19 heavy (non-hydrogen) atoms. The van der Waals surface area contributed by atoms with Crippen molar-refractivity contribution in [3.05, 3.63) is 34.9 Å². The Hall–Kier alpha value is -0.820. The summed E-state index contributed by atoms with van der Waals surface area (Å²) < 4.78 is 0. The van der Waals surface area contributed by atoms with Crippen molar-refractivity contribution in [2.45, 2.75) is 59.4 Å². The second kappa shape index (κ2) is 7.09. The minimum absolute atomic E-state index is 0.911. The molecular formula is C18H29N. The van der Waals surface area contributed by atoms with Gasteiger partial charge in [-0.3, -0.25) is 0 Å². The molecule has 106 valence electrons. The molecule has 0 unspecified atom stereocenters. The van der Waals surface area contributed by atoms with Gasteiger partial charge in [-0.1, -0.05) is 49.9 Å². The van der Waals surface area contributed by atoms with Gasteiger partial charge in [0.1, 0.15) is 0 Å². The maximum absolute atomic E-state index is 3.66. The Morgan fingerprint density at radius 2 is 1.74 bits per heavy atom. The van der Waals surface area contributed by atoms with E-state index < -0.39 is 0 Å². The first kappa shape index (κ1) is 14.6. The zero-order chi connectivity index (χ0) is 13.7. The topological polar surface area (TPSA) is 12.0 Å². The van der Waals surface area contributed by atoms with Crippen molar-refractivity contribution in [3.8, 4) is 0 Å². The molecule has 1 aromatic carbocycles. The second-order valence-electron chi connectivity index (χ2n) is 6.36. The normalized spacial score (nSPS) is 23.5. The standard InChI is InChI=1S/C18H29N/c1-4-16-6-8-17(9-7-16)12-19-13-18-10-5-14(2)11-15(18)3/h5,10-11,16-17,19H,4,6-9,12-13H2,1-3H3. The van der Waals surface area contributed by atoms with Gasteiger partial charge >= 0.3 is 0 Å². The molecule has 1 nitrogen and oxygen atoms in total. The maximum Gasteiger partial charge on any atom is 0.0208 e. The summed E-state index contributed by atoms with van der Waals surface area (Å²) in [7, 11) is 0. The predicted octanol–water partition coefficient (Wildman–Crippen LogP) is 4.61. The molecule has 1 saturated carbocycles. The largest absolute Gasteiger partial charge is 0.312 e. The molecule has 0 radical (unpaired) electrons.